The highest BCUT2D eigenvalue weighted by molar-refractivity contribution is 9.10. The van der Waals surface area contributed by atoms with Crippen LogP contribution in [0.3, 0.4) is 0 Å². The second-order valence-corrected chi connectivity index (χ2v) is 3.91. The number of fused-ring (bicyclic) bond motifs is 1. The fourth-order valence-electron chi connectivity index (χ4n) is 1.53. The topological polar surface area (TPSA) is 72.5 Å². The minimum Gasteiger partial charge on any atom is -0.490 e. The van der Waals surface area contributed by atoms with Crippen molar-refractivity contribution in [3.63, 3.8) is 0 Å². The first-order valence-electron chi connectivity index (χ1n) is 4.05. The van der Waals surface area contributed by atoms with E-state index in [1.165, 1.54) is 6.07 Å². The summed E-state index contributed by atoms with van der Waals surface area (Å²) in [5, 5.41) is 8.93. The van der Waals surface area contributed by atoms with Crippen molar-refractivity contribution in [3.05, 3.63) is 27.7 Å². The third kappa shape index (κ3) is 1.29. The van der Waals surface area contributed by atoms with Crippen molar-refractivity contribution < 1.29 is 14.6 Å². The van der Waals surface area contributed by atoms with Gasteiger partial charge < -0.3 is 15.6 Å². The highest BCUT2D eigenvalue weighted by atomic mass is 79.9. The number of aromatic carboxylic acids is 1. The molecule has 1 aromatic carbocycles. The zero-order valence-electron chi connectivity index (χ0n) is 7.16. The zero-order valence-corrected chi connectivity index (χ0v) is 8.74. The monoisotopic (exact) mass is 257 g/mol. The number of rotatable bonds is 1. The molecule has 0 radical (unpaired) electrons. The molecule has 1 aliphatic heterocycles. The first-order valence-corrected chi connectivity index (χ1v) is 4.84. The van der Waals surface area contributed by atoms with Gasteiger partial charge in [-0.05, 0) is 28.1 Å². The van der Waals surface area contributed by atoms with Crippen LogP contribution in [0, 0.1) is 0 Å². The lowest BCUT2D eigenvalue weighted by Gasteiger charge is -2.06. The number of carboxylic acid groups (broad SMARTS) is 1. The van der Waals surface area contributed by atoms with Gasteiger partial charge in [0.25, 0.3) is 0 Å². The predicted molar refractivity (Wildman–Crippen MR) is 53.5 cm³/mol. The van der Waals surface area contributed by atoms with Crippen LogP contribution in [0.5, 0.6) is 5.75 Å². The van der Waals surface area contributed by atoms with E-state index in [4.69, 9.17) is 15.6 Å². The largest absolute Gasteiger partial charge is 0.490 e. The van der Waals surface area contributed by atoms with Gasteiger partial charge in [-0.3, -0.25) is 0 Å². The number of hydrogen-bond acceptors (Lipinski definition) is 3. The van der Waals surface area contributed by atoms with E-state index in [0.717, 1.165) is 4.47 Å². The number of hydrogen-bond donors (Lipinski definition) is 2. The van der Waals surface area contributed by atoms with Crippen LogP contribution in [0.4, 0.5) is 0 Å². The Kier molecular flexibility index (Phi) is 2.20. The van der Waals surface area contributed by atoms with Gasteiger partial charge in [0, 0.05) is 5.56 Å². The lowest BCUT2D eigenvalue weighted by Crippen LogP contribution is -2.14. The molecular formula is C9H8BrNO3. The molecule has 74 valence electrons. The molecule has 14 heavy (non-hydrogen) atoms. The van der Waals surface area contributed by atoms with Crippen LogP contribution in [0.25, 0.3) is 0 Å². The molecule has 5 heteroatoms. The molecule has 1 heterocycles. The molecule has 1 aromatic rings. The number of carbonyl (C=O) groups is 1. The maximum atomic E-state index is 10.9. The van der Waals surface area contributed by atoms with E-state index in [1.54, 1.807) is 6.07 Å². The summed E-state index contributed by atoms with van der Waals surface area (Å²) in [5.41, 5.74) is 6.54. The minimum atomic E-state index is -0.977. The van der Waals surface area contributed by atoms with Crippen molar-refractivity contribution in [2.75, 3.05) is 6.61 Å². The van der Waals surface area contributed by atoms with Gasteiger partial charge in [0.15, 0.2) is 0 Å². The molecular weight excluding hydrogens is 250 g/mol. The van der Waals surface area contributed by atoms with Crippen molar-refractivity contribution in [3.8, 4) is 5.75 Å². The Morgan fingerprint density at radius 3 is 3.00 bits per heavy atom. The van der Waals surface area contributed by atoms with E-state index in [-0.39, 0.29) is 11.6 Å². The molecule has 4 nitrogen and oxygen atoms in total. The number of halogens is 1. The van der Waals surface area contributed by atoms with E-state index < -0.39 is 5.97 Å². The third-order valence-electron chi connectivity index (χ3n) is 2.16. The van der Waals surface area contributed by atoms with E-state index in [9.17, 15) is 4.79 Å². The van der Waals surface area contributed by atoms with Crippen molar-refractivity contribution in [1.82, 2.24) is 0 Å². The molecule has 0 saturated carbocycles. The summed E-state index contributed by atoms with van der Waals surface area (Å²) in [4.78, 5) is 10.9. The molecule has 0 saturated heterocycles. The summed E-state index contributed by atoms with van der Waals surface area (Å²) in [6.45, 7) is 0.332. The van der Waals surface area contributed by atoms with Crippen molar-refractivity contribution in [1.29, 1.82) is 0 Å². The summed E-state index contributed by atoms with van der Waals surface area (Å²) < 4.78 is 6.04. The molecule has 2 rings (SSSR count). The van der Waals surface area contributed by atoms with Gasteiger partial charge in [-0.15, -0.1) is 0 Å². The Morgan fingerprint density at radius 2 is 2.36 bits per heavy atom. The molecule has 1 aliphatic rings. The summed E-state index contributed by atoms with van der Waals surface area (Å²) in [7, 11) is 0. The maximum Gasteiger partial charge on any atom is 0.336 e. The van der Waals surface area contributed by atoms with Gasteiger partial charge in [-0.25, -0.2) is 4.79 Å². The summed E-state index contributed by atoms with van der Waals surface area (Å²) in [5.74, 6) is -0.424. The summed E-state index contributed by atoms with van der Waals surface area (Å²) in [6, 6.07) is 2.83. The SMILES string of the molecule is N[C@H]1COc2c(Br)ccc(C(=O)O)c21. The van der Waals surface area contributed by atoms with Crippen molar-refractivity contribution in [2.45, 2.75) is 6.04 Å². The molecule has 0 bridgehead atoms. The predicted octanol–water partition coefficient (Wildman–Crippen LogP) is 1.54. The second kappa shape index (κ2) is 3.25. The zero-order chi connectivity index (χ0) is 10.3. The fourth-order valence-corrected chi connectivity index (χ4v) is 1.99. The molecule has 0 unspecified atom stereocenters. The van der Waals surface area contributed by atoms with E-state index in [1.807, 2.05) is 0 Å². The fraction of sp³-hybridized carbons (Fsp3) is 0.222. The number of benzene rings is 1. The van der Waals surface area contributed by atoms with E-state index in [0.29, 0.717) is 17.9 Å². The van der Waals surface area contributed by atoms with Gasteiger partial charge in [-0.1, -0.05) is 0 Å². The lowest BCUT2D eigenvalue weighted by atomic mass is 10.0. The quantitative estimate of drug-likeness (QED) is 0.801. The van der Waals surface area contributed by atoms with Gasteiger partial charge >= 0.3 is 5.97 Å². The third-order valence-corrected chi connectivity index (χ3v) is 2.78. The Hall–Kier alpha value is -1.07. The normalized spacial score (nSPS) is 18.9. The van der Waals surface area contributed by atoms with Gasteiger partial charge in [0.05, 0.1) is 16.1 Å². The van der Waals surface area contributed by atoms with Gasteiger partial charge in [0.2, 0.25) is 0 Å². The summed E-state index contributed by atoms with van der Waals surface area (Å²) in [6.07, 6.45) is 0. The van der Waals surface area contributed by atoms with Crippen LogP contribution in [0.1, 0.15) is 22.0 Å². The first-order chi connectivity index (χ1) is 6.61. The number of carboxylic acids is 1. The van der Waals surface area contributed by atoms with Crippen LogP contribution >= 0.6 is 15.9 Å². The Balaban J connectivity index is 2.66. The molecule has 0 amide bonds. The number of nitrogens with two attached hydrogens (primary N) is 1. The van der Waals surface area contributed by atoms with E-state index >= 15 is 0 Å². The van der Waals surface area contributed by atoms with Crippen molar-refractivity contribution >= 4 is 21.9 Å². The minimum absolute atomic E-state index is 0.216. The summed E-state index contributed by atoms with van der Waals surface area (Å²) >= 11 is 3.28. The lowest BCUT2D eigenvalue weighted by molar-refractivity contribution is 0.0695. The molecule has 3 N–H and O–H groups in total. The van der Waals surface area contributed by atoms with Gasteiger partial charge in [0.1, 0.15) is 12.4 Å². The molecule has 1 atom stereocenters. The average Bonchev–Trinajstić information content (AvgIpc) is 2.50. The highest BCUT2D eigenvalue weighted by Crippen LogP contribution is 2.39. The first kappa shape index (κ1) is 9.48. The Morgan fingerprint density at radius 1 is 1.64 bits per heavy atom. The molecule has 0 aromatic heterocycles. The smallest absolute Gasteiger partial charge is 0.336 e. The molecule has 0 fully saturated rings. The van der Waals surface area contributed by atoms with Crippen LogP contribution < -0.4 is 10.5 Å². The molecule has 0 aliphatic carbocycles. The maximum absolute atomic E-state index is 10.9. The second-order valence-electron chi connectivity index (χ2n) is 3.06. The highest BCUT2D eigenvalue weighted by Gasteiger charge is 2.28. The Labute approximate surface area is 88.8 Å². The van der Waals surface area contributed by atoms with Crippen molar-refractivity contribution in [2.24, 2.45) is 5.73 Å². The number of ether oxygens (including phenoxy) is 1. The van der Waals surface area contributed by atoms with E-state index in [2.05, 4.69) is 15.9 Å². The Bertz CT molecular complexity index is 405. The van der Waals surface area contributed by atoms with Crippen LogP contribution in [0.2, 0.25) is 0 Å². The van der Waals surface area contributed by atoms with Crippen LogP contribution in [-0.4, -0.2) is 17.7 Å². The molecule has 0 spiro atoms. The standard InChI is InChI=1S/C9H8BrNO3/c10-5-2-1-4(9(12)13)7-6(11)3-14-8(5)7/h1-2,6H,3,11H2,(H,12,13)/t6-/m0/s1. The van der Waals surface area contributed by atoms with Crippen LogP contribution in [0.15, 0.2) is 16.6 Å². The van der Waals surface area contributed by atoms with Gasteiger partial charge in [-0.2, -0.15) is 0 Å². The average molecular weight is 258 g/mol. The van der Waals surface area contributed by atoms with Crippen LogP contribution in [-0.2, 0) is 0 Å².